The van der Waals surface area contributed by atoms with E-state index in [1.54, 1.807) is 18.3 Å². The Kier molecular flexibility index (Phi) is 7.88. The molecule has 174 valence electrons. The third kappa shape index (κ3) is 6.15. The first-order valence-electron chi connectivity index (χ1n) is 9.10. The van der Waals surface area contributed by atoms with Gasteiger partial charge >= 0.3 is 11.9 Å². The highest BCUT2D eigenvalue weighted by atomic mass is 35.5. The number of aliphatic carboxylic acids is 2. The molecule has 0 radical (unpaired) electrons. The smallest absolute Gasteiger partial charge is 0.326 e. The maximum Gasteiger partial charge on any atom is 0.326 e. The summed E-state index contributed by atoms with van der Waals surface area (Å²) in [6, 6.07) is 4.65. The summed E-state index contributed by atoms with van der Waals surface area (Å²) in [6.07, 6.45) is 0.804. The second-order valence-corrected chi connectivity index (χ2v) is 7.10. The van der Waals surface area contributed by atoms with Gasteiger partial charge < -0.3 is 37.8 Å². The quantitative estimate of drug-likeness (QED) is 0.257. The first kappa shape index (κ1) is 25.0. The van der Waals surface area contributed by atoms with Gasteiger partial charge in [-0.05, 0) is 29.8 Å². The fourth-order valence-electron chi connectivity index (χ4n) is 2.82. The van der Waals surface area contributed by atoms with Gasteiger partial charge in [-0.3, -0.25) is 9.59 Å². The number of anilines is 3. The molecule has 14 heteroatoms. The topological polar surface area (TPSA) is 238 Å². The minimum Gasteiger partial charge on any atom is -0.481 e. The number of rotatable bonds is 8. The fourth-order valence-corrected chi connectivity index (χ4v) is 3.02. The maximum absolute atomic E-state index is 12.5. The van der Waals surface area contributed by atoms with Crippen LogP contribution in [0.25, 0.3) is 11.0 Å². The van der Waals surface area contributed by atoms with Crippen LogP contribution in [-0.4, -0.2) is 54.5 Å². The molecule has 1 amide bonds. The van der Waals surface area contributed by atoms with Gasteiger partial charge in [-0.15, -0.1) is 0 Å². The van der Waals surface area contributed by atoms with Crippen LogP contribution in [0.1, 0.15) is 22.3 Å². The molecule has 0 spiro atoms. The molecule has 1 aromatic carbocycles. The van der Waals surface area contributed by atoms with Crippen molar-refractivity contribution in [2.24, 2.45) is 0 Å². The van der Waals surface area contributed by atoms with Crippen LogP contribution in [0.15, 0.2) is 30.5 Å². The molecule has 3 aromatic rings. The number of carboxylic acid groups (broad SMARTS) is 2. The standard InChI is InChI=1S/C19H18ClN7O5.H2O/c20-12-2-1-9(4-10(12)17(30)25-13(18(31)32)5-14(28)29)23-6-8-3-11-15(21)26-19(22)27-16(11)24-7-8;/h1-4,7,13,23H,5-6H2,(H,25,30)(H,28,29)(H,31,32)(H4,21,22,24,26,27);1H2. The summed E-state index contributed by atoms with van der Waals surface area (Å²) in [7, 11) is 0. The zero-order chi connectivity index (χ0) is 23.4. The SMILES string of the molecule is Nc1nc(N)c2cc(CNc3ccc(Cl)c(C(=O)NC(CC(=O)O)C(=O)O)c3)cnc2n1.O. The number of hydrogen-bond donors (Lipinski definition) is 6. The average molecular weight is 478 g/mol. The molecule has 0 aliphatic heterocycles. The van der Waals surface area contributed by atoms with Gasteiger partial charge in [-0.25, -0.2) is 9.78 Å². The predicted molar refractivity (Wildman–Crippen MR) is 120 cm³/mol. The van der Waals surface area contributed by atoms with E-state index in [9.17, 15) is 14.4 Å². The molecule has 2 heterocycles. The number of halogens is 1. The van der Waals surface area contributed by atoms with Crippen LogP contribution in [-0.2, 0) is 16.1 Å². The fraction of sp³-hybridized carbons (Fsp3) is 0.158. The van der Waals surface area contributed by atoms with E-state index in [-0.39, 0.29) is 27.8 Å². The van der Waals surface area contributed by atoms with Crippen molar-refractivity contribution < 1.29 is 30.1 Å². The number of pyridine rings is 1. The number of benzene rings is 1. The van der Waals surface area contributed by atoms with Crippen LogP contribution >= 0.6 is 11.6 Å². The van der Waals surface area contributed by atoms with Crippen LogP contribution in [0, 0.1) is 0 Å². The Hall–Kier alpha value is -4.23. The second-order valence-electron chi connectivity index (χ2n) is 6.69. The van der Waals surface area contributed by atoms with Crippen LogP contribution in [0.5, 0.6) is 0 Å². The molecule has 0 aliphatic rings. The summed E-state index contributed by atoms with van der Waals surface area (Å²) in [4.78, 5) is 46.6. The third-order valence-electron chi connectivity index (χ3n) is 4.34. The van der Waals surface area contributed by atoms with Gasteiger partial charge in [0.15, 0.2) is 5.65 Å². The van der Waals surface area contributed by atoms with Gasteiger partial charge in [0.1, 0.15) is 11.9 Å². The summed E-state index contributed by atoms with van der Waals surface area (Å²) < 4.78 is 0. The number of amides is 1. The van der Waals surface area contributed by atoms with Gasteiger partial charge in [-0.2, -0.15) is 9.97 Å². The van der Waals surface area contributed by atoms with E-state index in [0.29, 0.717) is 23.3 Å². The summed E-state index contributed by atoms with van der Waals surface area (Å²) in [6.45, 7) is 0.298. The minimum atomic E-state index is -1.60. The van der Waals surface area contributed by atoms with E-state index in [0.717, 1.165) is 5.56 Å². The molecule has 1 unspecified atom stereocenters. The lowest BCUT2D eigenvalue weighted by molar-refractivity contribution is -0.145. The summed E-state index contributed by atoms with van der Waals surface area (Å²) >= 11 is 6.07. The number of nitrogens with zero attached hydrogens (tertiary/aromatic N) is 3. The van der Waals surface area contributed by atoms with Crippen LogP contribution < -0.4 is 22.1 Å². The Morgan fingerprint density at radius 1 is 1.12 bits per heavy atom. The molecule has 0 saturated carbocycles. The zero-order valence-corrected chi connectivity index (χ0v) is 17.6. The number of aromatic nitrogens is 3. The van der Waals surface area contributed by atoms with E-state index in [4.69, 9.17) is 33.3 Å². The highest BCUT2D eigenvalue weighted by Gasteiger charge is 2.24. The lowest BCUT2D eigenvalue weighted by atomic mass is 10.1. The first-order valence-corrected chi connectivity index (χ1v) is 9.48. The Labute approximate surface area is 191 Å². The van der Waals surface area contributed by atoms with Gasteiger partial charge in [0, 0.05) is 18.4 Å². The number of carbonyl (C=O) groups excluding carboxylic acids is 1. The molecular formula is C19H20ClN7O6. The van der Waals surface area contributed by atoms with E-state index >= 15 is 0 Å². The van der Waals surface area contributed by atoms with Crippen molar-refractivity contribution in [1.82, 2.24) is 20.3 Å². The van der Waals surface area contributed by atoms with Crippen LogP contribution in [0.3, 0.4) is 0 Å². The van der Waals surface area contributed by atoms with Gasteiger partial charge in [0.2, 0.25) is 5.95 Å². The molecule has 0 bridgehead atoms. The zero-order valence-electron chi connectivity index (χ0n) is 16.9. The van der Waals surface area contributed by atoms with Crippen LogP contribution in [0.4, 0.5) is 17.5 Å². The Morgan fingerprint density at radius 2 is 1.85 bits per heavy atom. The highest BCUT2D eigenvalue weighted by Crippen LogP contribution is 2.22. The second kappa shape index (κ2) is 10.4. The monoisotopic (exact) mass is 477 g/mol. The molecule has 0 aliphatic carbocycles. The summed E-state index contributed by atoms with van der Waals surface area (Å²) in [5.74, 6) is -3.44. The van der Waals surface area contributed by atoms with E-state index in [1.165, 1.54) is 12.1 Å². The average Bonchev–Trinajstić information content (AvgIpc) is 2.72. The van der Waals surface area contributed by atoms with Crippen molar-refractivity contribution in [1.29, 1.82) is 0 Å². The van der Waals surface area contributed by atoms with Gasteiger partial charge in [-0.1, -0.05) is 11.6 Å². The molecule has 1 atom stereocenters. The minimum absolute atomic E-state index is 0. The number of nitrogens with one attached hydrogen (secondary N) is 2. The molecule has 0 fully saturated rings. The number of carbonyl (C=O) groups is 3. The number of fused-ring (bicyclic) bond motifs is 1. The van der Waals surface area contributed by atoms with E-state index in [2.05, 4.69) is 25.6 Å². The van der Waals surface area contributed by atoms with Crippen molar-refractivity contribution in [3.8, 4) is 0 Å². The molecular weight excluding hydrogens is 458 g/mol. The van der Waals surface area contributed by atoms with Crippen molar-refractivity contribution in [3.63, 3.8) is 0 Å². The van der Waals surface area contributed by atoms with Gasteiger partial charge in [0.05, 0.1) is 22.4 Å². The van der Waals surface area contributed by atoms with E-state index in [1.807, 2.05) is 0 Å². The van der Waals surface area contributed by atoms with Gasteiger partial charge in [0.25, 0.3) is 5.91 Å². The molecule has 3 rings (SSSR count). The molecule has 13 nitrogen and oxygen atoms in total. The lowest BCUT2D eigenvalue weighted by Crippen LogP contribution is -2.42. The summed E-state index contributed by atoms with van der Waals surface area (Å²) in [5, 5.41) is 23.8. The molecule has 33 heavy (non-hydrogen) atoms. The van der Waals surface area contributed by atoms with Crippen LogP contribution in [0.2, 0.25) is 5.02 Å². The third-order valence-corrected chi connectivity index (χ3v) is 4.67. The van der Waals surface area contributed by atoms with Crippen molar-refractivity contribution in [3.05, 3.63) is 46.6 Å². The molecule has 10 N–H and O–H groups in total. The highest BCUT2D eigenvalue weighted by molar-refractivity contribution is 6.34. The summed E-state index contributed by atoms with van der Waals surface area (Å²) in [5.41, 5.74) is 13.0. The predicted octanol–water partition coefficient (Wildman–Crippen LogP) is 0.288. The molecule has 2 aromatic heterocycles. The lowest BCUT2D eigenvalue weighted by Gasteiger charge is -2.14. The number of nitrogen functional groups attached to an aromatic ring is 2. The Morgan fingerprint density at radius 3 is 2.52 bits per heavy atom. The Bertz CT molecular complexity index is 1220. The normalized spacial score (nSPS) is 11.3. The van der Waals surface area contributed by atoms with Crippen molar-refractivity contribution >= 4 is 57.9 Å². The Balaban J connectivity index is 0.00000385. The number of nitrogens with two attached hydrogens (primary N) is 2. The van der Waals surface area contributed by atoms with E-state index < -0.39 is 30.3 Å². The maximum atomic E-state index is 12.5. The number of carboxylic acids is 2. The number of hydrogen-bond acceptors (Lipinski definition) is 9. The largest absolute Gasteiger partial charge is 0.481 e. The van der Waals surface area contributed by atoms with Crippen molar-refractivity contribution in [2.45, 2.75) is 19.0 Å². The van der Waals surface area contributed by atoms with Crippen molar-refractivity contribution in [2.75, 3.05) is 16.8 Å². The first-order chi connectivity index (χ1) is 15.1. The molecule has 0 saturated heterocycles.